The summed E-state index contributed by atoms with van der Waals surface area (Å²) in [5, 5.41) is 0.891. The van der Waals surface area contributed by atoms with Gasteiger partial charge in [-0.3, -0.25) is 0 Å². The first kappa shape index (κ1) is 22.6. The van der Waals surface area contributed by atoms with E-state index in [0.29, 0.717) is 0 Å². The van der Waals surface area contributed by atoms with Crippen molar-refractivity contribution in [1.82, 2.24) is 9.55 Å². The minimum Gasteiger partial charge on any atom is -0.337 e. The van der Waals surface area contributed by atoms with E-state index < -0.39 is 0 Å². The Hall–Kier alpha value is -0.440. The molecule has 0 radical (unpaired) electrons. The van der Waals surface area contributed by atoms with Crippen LogP contribution in [0, 0.1) is 0 Å². The van der Waals surface area contributed by atoms with E-state index in [1.54, 1.807) is 0 Å². The lowest BCUT2D eigenvalue weighted by atomic mass is 10.0. The Labute approximate surface area is 161 Å². The van der Waals surface area contributed by atoms with Crippen LogP contribution < -0.4 is 0 Å². The van der Waals surface area contributed by atoms with Gasteiger partial charge in [0.1, 0.15) is 0 Å². The fourth-order valence-electron chi connectivity index (χ4n) is 3.50. The Kier molecular flexibility index (Phi) is 15.4. The Morgan fingerprint density at radius 3 is 1.88 bits per heavy atom. The smallest absolute Gasteiger partial charge is 0.0945 e. The maximum absolute atomic E-state index is 4.10. The summed E-state index contributed by atoms with van der Waals surface area (Å²) in [5.41, 5.74) is 0. The molecule has 0 aliphatic heterocycles. The molecule has 1 atom stereocenters. The zero-order chi connectivity index (χ0) is 18.0. The van der Waals surface area contributed by atoms with Crippen LogP contribution in [0.3, 0.4) is 0 Å². The van der Waals surface area contributed by atoms with Crippen molar-refractivity contribution in [1.29, 1.82) is 0 Å². The summed E-state index contributed by atoms with van der Waals surface area (Å²) in [6.07, 6.45) is 29.5. The Morgan fingerprint density at radius 2 is 1.36 bits per heavy atom. The first-order valence-corrected chi connectivity index (χ1v) is 12.1. The molecular formula is C22H42N2S. The highest BCUT2D eigenvalue weighted by Gasteiger charge is 2.06. The van der Waals surface area contributed by atoms with Crippen molar-refractivity contribution in [2.75, 3.05) is 6.26 Å². The van der Waals surface area contributed by atoms with E-state index in [2.05, 4.69) is 40.7 Å². The molecule has 0 amide bonds. The average molecular weight is 367 g/mol. The minimum atomic E-state index is 0.891. The second-order valence-electron chi connectivity index (χ2n) is 7.48. The molecule has 0 saturated heterocycles. The van der Waals surface area contributed by atoms with Gasteiger partial charge < -0.3 is 4.57 Å². The van der Waals surface area contributed by atoms with Crippen LogP contribution in [-0.2, 0) is 6.54 Å². The summed E-state index contributed by atoms with van der Waals surface area (Å²) in [5.74, 6) is 0. The molecule has 1 aromatic heterocycles. The van der Waals surface area contributed by atoms with Gasteiger partial charge in [0.2, 0.25) is 0 Å². The van der Waals surface area contributed by atoms with Gasteiger partial charge in [0.15, 0.2) is 0 Å². The van der Waals surface area contributed by atoms with E-state index in [-0.39, 0.29) is 0 Å². The van der Waals surface area contributed by atoms with Crippen LogP contribution in [0.25, 0.3) is 0 Å². The number of hydrogen-bond donors (Lipinski definition) is 0. The third-order valence-electron chi connectivity index (χ3n) is 5.21. The second kappa shape index (κ2) is 17.0. The van der Waals surface area contributed by atoms with Crippen LogP contribution in [-0.4, -0.2) is 21.1 Å². The molecule has 0 N–H and O–H groups in total. The number of aryl methyl sites for hydroxylation is 1. The predicted molar refractivity (Wildman–Crippen MR) is 114 cm³/mol. The maximum Gasteiger partial charge on any atom is 0.0945 e. The van der Waals surface area contributed by atoms with Gasteiger partial charge in [-0.25, -0.2) is 4.98 Å². The van der Waals surface area contributed by atoms with E-state index >= 15 is 0 Å². The summed E-state index contributed by atoms with van der Waals surface area (Å²) in [7, 11) is 0. The third-order valence-corrected chi connectivity index (χ3v) is 6.35. The number of nitrogens with zero attached hydrogens (tertiary/aromatic N) is 2. The molecule has 1 aromatic rings. The quantitative estimate of drug-likeness (QED) is 0.250. The van der Waals surface area contributed by atoms with Gasteiger partial charge in [-0.05, 0) is 25.5 Å². The number of rotatable bonds is 18. The predicted octanol–water partition coefficient (Wildman–Crippen LogP) is 7.49. The highest BCUT2D eigenvalue weighted by molar-refractivity contribution is 7.99. The van der Waals surface area contributed by atoms with Gasteiger partial charge in [0, 0.05) is 24.2 Å². The molecule has 0 aliphatic carbocycles. The van der Waals surface area contributed by atoms with Crippen molar-refractivity contribution in [2.24, 2.45) is 0 Å². The molecular weight excluding hydrogens is 324 g/mol. The van der Waals surface area contributed by atoms with Crippen molar-refractivity contribution in [2.45, 2.75) is 115 Å². The van der Waals surface area contributed by atoms with Gasteiger partial charge in [0.25, 0.3) is 0 Å². The van der Waals surface area contributed by atoms with Gasteiger partial charge in [-0.1, -0.05) is 84.0 Å². The zero-order valence-electron chi connectivity index (χ0n) is 16.9. The van der Waals surface area contributed by atoms with Crippen molar-refractivity contribution < 1.29 is 0 Å². The highest BCUT2D eigenvalue weighted by atomic mass is 32.2. The molecule has 0 saturated carbocycles. The number of imidazole rings is 1. The summed E-state index contributed by atoms with van der Waals surface area (Å²) in [6, 6.07) is 0. The lowest BCUT2D eigenvalue weighted by Crippen LogP contribution is -2.02. The fourth-order valence-corrected chi connectivity index (χ4v) is 4.31. The molecule has 0 aliphatic rings. The summed E-state index contributed by atoms with van der Waals surface area (Å²) in [4.78, 5) is 4.10. The standard InChI is InChI=1S/C22H42N2S/c1-3-4-5-6-7-8-9-10-11-13-16-22(25-2)17-14-12-15-19-24-20-18-23-21-24/h18,20-22H,3-17,19H2,1-2H3. The number of unbranched alkanes of at least 4 members (excludes halogenated alkanes) is 11. The molecule has 146 valence electrons. The van der Waals surface area contributed by atoms with Gasteiger partial charge in [-0.15, -0.1) is 0 Å². The van der Waals surface area contributed by atoms with Crippen LogP contribution in [0.2, 0.25) is 0 Å². The molecule has 0 spiro atoms. The molecule has 2 nitrogen and oxygen atoms in total. The van der Waals surface area contributed by atoms with E-state index in [0.717, 1.165) is 11.8 Å². The summed E-state index contributed by atoms with van der Waals surface area (Å²) in [6.45, 7) is 3.42. The molecule has 0 bridgehead atoms. The maximum atomic E-state index is 4.10. The van der Waals surface area contributed by atoms with Crippen molar-refractivity contribution in [3.05, 3.63) is 18.7 Å². The normalized spacial score (nSPS) is 12.6. The van der Waals surface area contributed by atoms with E-state index in [9.17, 15) is 0 Å². The first-order chi connectivity index (χ1) is 12.4. The largest absolute Gasteiger partial charge is 0.337 e. The third kappa shape index (κ3) is 13.4. The molecule has 1 heterocycles. The van der Waals surface area contributed by atoms with Crippen molar-refractivity contribution in [3.63, 3.8) is 0 Å². The molecule has 0 fully saturated rings. The molecule has 25 heavy (non-hydrogen) atoms. The number of aromatic nitrogens is 2. The van der Waals surface area contributed by atoms with Gasteiger partial charge >= 0.3 is 0 Å². The summed E-state index contributed by atoms with van der Waals surface area (Å²) >= 11 is 2.09. The van der Waals surface area contributed by atoms with Crippen LogP contribution in [0.1, 0.15) is 103 Å². The highest BCUT2D eigenvalue weighted by Crippen LogP contribution is 2.22. The second-order valence-corrected chi connectivity index (χ2v) is 8.62. The lowest BCUT2D eigenvalue weighted by Gasteiger charge is -2.14. The number of thioether (sulfide) groups is 1. The molecule has 1 unspecified atom stereocenters. The zero-order valence-corrected chi connectivity index (χ0v) is 17.7. The van der Waals surface area contributed by atoms with Crippen LogP contribution in [0.5, 0.6) is 0 Å². The van der Waals surface area contributed by atoms with Crippen LogP contribution in [0.4, 0.5) is 0 Å². The van der Waals surface area contributed by atoms with Crippen LogP contribution >= 0.6 is 11.8 Å². The lowest BCUT2D eigenvalue weighted by molar-refractivity contribution is 0.527. The van der Waals surface area contributed by atoms with Crippen molar-refractivity contribution >= 4 is 11.8 Å². The molecule has 1 rings (SSSR count). The minimum absolute atomic E-state index is 0.891. The number of hydrogen-bond acceptors (Lipinski definition) is 2. The Bertz CT molecular complexity index is 364. The van der Waals surface area contributed by atoms with E-state index in [1.807, 2.05) is 12.5 Å². The monoisotopic (exact) mass is 366 g/mol. The SMILES string of the molecule is CCCCCCCCCCCCC(CCCCCn1ccnc1)SC. The first-order valence-electron chi connectivity index (χ1n) is 10.8. The topological polar surface area (TPSA) is 17.8 Å². The van der Waals surface area contributed by atoms with Gasteiger partial charge in [-0.2, -0.15) is 11.8 Å². The van der Waals surface area contributed by atoms with E-state index in [1.165, 1.54) is 96.3 Å². The fraction of sp³-hybridized carbons (Fsp3) is 0.864. The Morgan fingerprint density at radius 1 is 0.800 bits per heavy atom. The van der Waals surface area contributed by atoms with Gasteiger partial charge in [0.05, 0.1) is 6.33 Å². The average Bonchev–Trinajstić information content (AvgIpc) is 3.14. The van der Waals surface area contributed by atoms with Crippen LogP contribution in [0.15, 0.2) is 18.7 Å². The Balaban J connectivity index is 1.85. The summed E-state index contributed by atoms with van der Waals surface area (Å²) < 4.78 is 2.19. The molecule has 3 heteroatoms. The van der Waals surface area contributed by atoms with E-state index in [4.69, 9.17) is 0 Å². The van der Waals surface area contributed by atoms with Crippen molar-refractivity contribution in [3.8, 4) is 0 Å². The molecule has 0 aromatic carbocycles.